The van der Waals surface area contributed by atoms with Crippen molar-refractivity contribution in [3.05, 3.63) is 23.8 Å². The molecular formula is C16H22O2. The van der Waals surface area contributed by atoms with Gasteiger partial charge in [0.15, 0.2) is 5.78 Å². The number of fused-ring (bicyclic) bond motifs is 3. The van der Waals surface area contributed by atoms with E-state index in [0.29, 0.717) is 17.6 Å². The van der Waals surface area contributed by atoms with Crippen LogP contribution >= 0.6 is 0 Å². The fourth-order valence-corrected chi connectivity index (χ4v) is 4.11. The zero-order valence-corrected chi connectivity index (χ0v) is 11.3. The number of ether oxygens (including phenoxy) is 1. The lowest BCUT2D eigenvalue weighted by molar-refractivity contribution is -0.116. The first-order chi connectivity index (χ1) is 8.64. The molecule has 0 bridgehead atoms. The minimum Gasteiger partial charge on any atom is -0.377 e. The summed E-state index contributed by atoms with van der Waals surface area (Å²) in [5, 5.41) is 0. The molecule has 1 saturated carbocycles. The minimum absolute atomic E-state index is 0.167. The summed E-state index contributed by atoms with van der Waals surface area (Å²) >= 11 is 0. The standard InChI is InChI=1S/C16H22O2/c1-16-8-6-11-4-3-5-14(18-2)15(11)13(16)10-12(17)7-9-16/h3,5,10-11,14-15H,4,6-9H2,1-2H3/t11-,14+,15+,16-/m0/s1. The number of methoxy groups -OCH3 is 1. The van der Waals surface area contributed by atoms with E-state index in [9.17, 15) is 4.79 Å². The Labute approximate surface area is 109 Å². The second-order valence-corrected chi connectivity index (χ2v) is 6.32. The minimum atomic E-state index is 0.167. The summed E-state index contributed by atoms with van der Waals surface area (Å²) in [6, 6.07) is 0. The molecule has 3 aliphatic rings. The van der Waals surface area contributed by atoms with Gasteiger partial charge in [0.2, 0.25) is 0 Å². The van der Waals surface area contributed by atoms with Gasteiger partial charge in [-0.1, -0.05) is 24.6 Å². The van der Waals surface area contributed by atoms with Crippen molar-refractivity contribution >= 4 is 5.78 Å². The largest absolute Gasteiger partial charge is 0.377 e. The van der Waals surface area contributed by atoms with Crippen LogP contribution in [0.1, 0.15) is 39.0 Å². The third-order valence-corrected chi connectivity index (χ3v) is 5.26. The normalized spacial score (nSPS) is 43.1. The lowest BCUT2D eigenvalue weighted by Gasteiger charge is -2.50. The number of rotatable bonds is 1. The molecule has 3 rings (SSSR count). The van der Waals surface area contributed by atoms with Crippen LogP contribution in [0.15, 0.2) is 23.8 Å². The van der Waals surface area contributed by atoms with Crippen LogP contribution in [0.5, 0.6) is 0 Å². The second-order valence-electron chi connectivity index (χ2n) is 6.32. The maximum absolute atomic E-state index is 11.8. The molecule has 3 aliphatic carbocycles. The highest BCUT2D eigenvalue weighted by Gasteiger charge is 2.47. The second kappa shape index (κ2) is 4.34. The third kappa shape index (κ3) is 1.78. The summed E-state index contributed by atoms with van der Waals surface area (Å²) in [7, 11) is 1.79. The molecule has 0 aromatic heterocycles. The fraction of sp³-hybridized carbons (Fsp3) is 0.688. The van der Waals surface area contributed by atoms with Crippen molar-refractivity contribution in [1.29, 1.82) is 0 Å². The molecule has 0 spiro atoms. The molecule has 2 heteroatoms. The highest BCUT2D eigenvalue weighted by molar-refractivity contribution is 5.91. The van der Waals surface area contributed by atoms with E-state index in [-0.39, 0.29) is 11.5 Å². The third-order valence-electron chi connectivity index (χ3n) is 5.26. The lowest BCUT2D eigenvalue weighted by atomic mass is 9.56. The van der Waals surface area contributed by atoms with Gasteiger partial charge >= 0.3 is 0 Å². The first kappa shape index (κ1) is 12.2. The van der Waals surface area contributed by atoms with Gasteiger partial charge in [0, 0.05) is 19.4 Å². The maximum Gasteiger partial charge on any atom is 0.155 e. The first-order valence-corrected chi connectivity index (χ1v) is 7.08. The summed E-state index contributed by atoms with van der Waals surface area (Å²) in [5.74, 6) is 1.42. The Kier molecular flexibility index (Phi) is 2.93. The predicted molar refractivity (Wildman–Crippen MR) is 71.2 cm³/mol. The van der Waals surface area contributed by atoms with Gasteiger partial charge in [-0.25, -0.2) is 0 Å². The van der Waals surface area contributed by atoms with Crippen molar-refractivity contribution in [3.8, 4) is 0 Å². The number of carbonyl (C=O) groups is 1. The Balaban J connectivity index is 2.02. The van der Waals surface area contributed by atoms with Crippen LogP contribution < -0.4 is 0 Å². The van der Waals surface area contributed by atoms with Gasteiger partial charge in [-0.05, 0) is 43.1 Å². The maximum atomic E-state index is 11.8. The van der Waals surface area contributed by atoms with E-state index in [2.05, 4.69) is 19.1 Å². The summed E-state index contributed by atoms with van der Waals surface area (Å²) in [6.07, 6.45) is 12.0. The summed E-state index contributed by atoms with van der Waals surface area (Å²) in [4.78, 5) is 11.8. The molecular weight excluding hydrogens is 224 g/mol. The van der Waals surface area contributed by atoms with E-state index < -0.39 is 0 Å². The molecule has 0 radical (unpaired) electrons. The van der Waals surface area contributed by atoms with Gasteiger partial charge in [-0.15, -0.1) is 0 Å². The van der Waals surface area contributed by atoms with Crippen LogP contribution in [-0.4, -0.2) is 19.0 Å². The Hall–Kier alpha value is -0.890. The van der Waals surface area contributed by atoms with Gasteiger partial charge in [0.25, 0.3) is 0 Å². The van der Waals surface area contributed by atoms with Crippen molar-refractivity contribution in [2.75, 3.05) is 7.11 Å². The molecule has 0 saturated heterocycles. The van der Waals surface area contributed by atoms with E-state index in [1.807, 2.05) is 6.08 Å². The number of hydrogen-bond acceptors (Lipinski definition) is 2. The van der Waals surface area contributed by atoms with E-state index in [1.54, 1.807) is 7.11 Å². The molecule has 0 unspecified atom stereocenters. The van der Waals surface area contributed by atoms with E-state index in [0.717, 1.165) is 19.3 Å². The van der Waals surface area contributed by atoms with Crippen LogP contribution in [0.4, 0.5) is 0 Å². The Morgan fingerprint density at radius 1 is 1.39 bits per heavy atom. The smallest absolute Gasteiger partial charge is 0.155 e. The van der Waals surface area contributed by atoms with Gasteiger partial charge in [-0.3, -0.25) is 4.79 Å². The van der Waals surface area contributed by atoms with E-state index in [4.69, 9.17) is 4.74 Å². The van der Waals surface area contributed by atoms with Crippen LogP contribution in [0.25, 0.3) is 0 Å². The molecule has 0 amide bonds. The van der Waals surface area contributed by atoms with Crippen LogP contribution in [0.2, 0.25) is 0 Å². The van der Waals surface area contributed by atoms with Gasteiger partial charge in [0.1, 0.15) is 0 Å². The lowest BCUT2D eigenvalue weighted by Crippen LogP contribution is -2.44. The van der Waals surface area contributed by atoms with Gasteiger partial charge < -0.3 is 4.74 Å². The zero-order valence-electron chi connectivity index (χ0n) is 11.3. The molecule has 0 N–H and O–H groups in total. The molecule has 18 heavy (non-hydrogen) atoms. The first-order valence-electron chi connectivity index (χ1n) is 7.08. The summed E-state index contributed by atoms with van der Waals surface area (Å²) in [5.41, 5.74) is 1.63. The molecule has 0 heterocycles. The number of carbonyl (C=O) groups excluding carboxylic acids is 1. The van der Waals surface area contributed by atoms with Crippen LogP contribution in [0, 0.1) is 17.3 Å². The number of allylic oxidation sites excluding steroid dienone is 2. The highest BCUT2D eigenvalue weighted by atomic mass is 16.5. The number of ketones is 1. The van der Waals surface area contributed by atoms with Gasteiger partial charge in [0.05, 0.1) is 6.10 Å². The van der Waals surface area contributed by atoms with Crippen LogP contribution in [-0.2, 0) is 9.53 Å². The van der Waals surface area contributed by atoms with Crippen molar-refractivity contribution < 1.29 is 9.53 Å². The summed E-state index contributed by atoms with van der Waals surface area (Å²) in [6.45, 7) is 2.34. The Morgan fingerprint density at radius 3 is 3.00 bits per heavy atom. The van der Waals surface area contributed by atoms with E-state index in [1.165, 1.54) is 18.4 Å². The predicted octanol–water partition coefficient (Wildman–Crippen LogP) is 3.28. The molecule has 4 atom stereocenters. The topological polar surface area (TPSA) is 26.3 Å². The van der Waals surface area contributed by atoms with Crippen molar-refractivity contribution in [3.63, 3.8) is 0 Å². The van der Waals surface area contributed by atoms with Crippen molar-refractivity contribution in [1.82, 2.24) is 0 Å². The molecule has 0 aromatic rings. The van der Waals surface area contributed by atoms with Crippen molar-refractivity contribution in [2.45, 2.75) is 45.1 Å². The average molecular weight is 246 g/mol. The zero-order chi connectivity index (χ0) is 12.8. The Morgan fingerprint density at radius 2 is 2.22 bits per heavy atom. The van der Waals surface area contributed by atoms with Crippen LogP contribution in [0.3, 0.4) is 0 Å². The fourth-order valence-electron chi connectivity index (χ4n) is 4.11. The highest BCUT2D eigenvalue weighted by Crippen LogP contribution is 2.54. The molecule has 98 valence electrons. The molecule has 1 fully saturated rings. The van der Waals surface area contributed by atoms with Crippen molar-refractivity contribution in [2.24, 2.45) is 17.3 Å². The van der Waals surface area contributed by atoms with Gasteiger partial charge in [-0.2, -0.15) is 0 Å². The monoisotopic (exact) mass is 246 g/mol. The SMILES string of the molecule is CO[C@@H]1C=CC[C@H]2CC[C@@]3(C)CCC(=O)C=C3[C@@H]21. The van der Waals surface area contributed by atoms with E-state index >= 15 is 0 Å². The average Bonchev–Trinajstić information content (AvgIpc) is 2.39. The number of hydrogen-bond donors (Lipinski definition) is 0. The summed E-state index contributed by atoms with van der Waals surface area (Å²) < 4.78 is 5.65. The quantitative estimate of drug-likeness (QED) is 0.664. The molecule has 0 aliphatic heterocycles. The molecule has 2 nitrogen and oxygen atoms in total. The molecule has 0 aromatic carbocycles. The Bertz CT molecular complexity index is 421.